The van der Waals surface area contributed by atoms with Gasteiger partial charge in [0.05, 0.1) is 16.7 Å². The van der Waals surface area contributed by atoms with Crippen LogP contribution in [0.15, 0.2) is 59.4 Å². The molecule has 0 aliphatic heterocycles. The highest BCUT2D eigenvalue weighted by Crippen LogP contribution is 2.29. The summed E-state index contributed by atoms with van der Waals surface area (Å²) >= 11 is 0. The summed E-state index contributed by atoms with van der Waals surface area (Å²) in [6.07, 6.45) is 3.98. The SMILES string of the molecule is Cc1noc(C)c1-c1cnc2ccn(Cc3ccccc3)c2c1. The normalized spacial score (nSPS) is 11.2. The molecule has 23 heavy (non-hydrogen) atoms. The number of benzene rings is 1. The Morgan fingerprint density at radius 3 is 2.65 bits per heavy atom. The predicted molar refractivity (Wildman–Crippen MR) is 90.2 cm³/mol. The van der Waals surface area contributed by atoms with Crippen molar-refractivity contribution in [1.82, 2.24) is 14.7 Å². The molecule has 0 amide bonds. The van der Waals surface area contributed by atoms with Crippen molar-refractivity contribution in [2.75, 3.05) is 0 Å². The Balaban J connectivity index is 1.80. The van der Waals surface area contributed by atoms with Gasteiger partial charge in [0, 0.05) is 30.1 Å². The highest BCUT2D eigenvalue weighted by atomic mass is 16.5. The molecule has 0 saturated carbocycles. The molecule has 0 bridgehead atoms. The largest absolute Gasteiger partial charge is 0.361 e. The van der Waals surface area contributed by atoms with Crippen LogP contribution in [0, 0.1) is 13.8 Å². The first-order valence-electron chi connectivity index (χ1n) is 7.64. The second kappa shape index (κ2) is 5.39. The van der Waals surface area contributed by atoms with Crippen LogP contribution in [-0.2, 0) is 6.54 Å². The maximum absolute atomic E-state index is 5.28. The molecule has 3 heterocycles. The molecule has 4 rings (SSSR count). The molecular weight excluding hydrogens is 286 g/mol. The van der Waals surface area contributed by atoms with Crippen molar-refractivity contribution >= 4 is 11.0 Å². The minimum Gasteiger partial charge on any atom is -0.361 e. The fraction of sp³-hybridized carbons (Fsp3) is 0.158. The Kier molecular flexibility index (Phi) is 3.23. The maximum atomic E-state index is 5.28. The number of pyridine rings is 1. The van der Waals surface area contributed by atoms with E-state index in [9.17, 15) is 0 Å². The number of fused-ring (bicyclic) bond motifs is 1. The van der Waals surface area contributed by atoms with E-state index in [2.05, 4.69) is 57.3 Å². The predicted octanol–water partition coefficient (Wildman–Crippen LogP) is 4.36. The molecule has 0 radical (unpaired) electrons. The molecule has 0 N–H and O–H groups in total. The van der Waals surface area contributed by atoms with Gasteiger partial charge in [0.1, 0.15) is 5.76 Å². The molecule has 4 aromatic rings. The van der Waals surface area contributed by atoms with Crippen LogP contribution in [0.25, 0.3) is 22.2 Å². The topological polar surface area (TPSA) is 43.9 Å². The van der Waals surface area contributed by atoms with Gasteiger partial charge >= 0.3 is 0 Å². The van der Waals surface area contributed by atoms with Crippen molar-refractivity contribution < 1.29 is 4.52 Å². The molecule has 3 aromatic heterocycles. The zero-order chi connectivity index (χ0) is 15.8. The van der Waals surface area contributed by atoms with Gasteiger partial charge in [0.15, 0.2) is 0 Å². The van der Waals surface area contributed by atoms with Crippen LogP contribution in [0.5, 0.6) is 0 Å². The smallest absolute Gasteiger partial charge is 0.141 e. The fourth-order valence-corrected chi connectivity index (χ4v) is 3.01. The molecule has 0 aliphatic rings. The average molecular weight is 303 g/mol. The number of aromatic nitrogens is 3. The van der Waals surface area contributed by atoms with E-state index < -0.39 is 0 Å². The van der Waals surface area contributed by atoms with Gasteiger partial charge < -0.3 is 9.09 Å². The van der Waals surface area contributed by atoms with E-state index in [1.165, 1.54) is 5.56 Å². The molecule has 4 heteroatoms. The fourth-order valence-electron chi connectivity index (χ4n) is 3.01. The first kappa shape index (κ1) is 13.8. The van der Waals surface area contributed by atoms with Gasteiger partial charge in [-0.05, 0) is 31.5 Å². The molecule has 0 aliphatic carbocycles. The third-order valence-corrected chi connectivity index (χ3v) is 4.14. The summed E-state index contributed by atoms with van der Waals surface area (Å²) in [4.78, 5) is 4.59. The van der Waals surface area contributed by atoms with Crippen molar-refractivity contribution in [3.63, 3.8) is 0 Å². The van der Waals surface area contributed by atoms with Gasteiger partial charge in [-0.2, -0.15) is 0 Å². The summed E-state index contributed by atoms with van der Waals surface area (Å²) in [5, 5.41) is 4.04. The van der Waals surface area contributed by atoms with E-state index in [1.807, 2.05) is 26.1 Å². The van der Waals surface area contributed by atoms with Crippen molar-refractivity contribution in [2.24, 2.45) is 0 Å². The molecule has 4 nitrogen and oxygen atoms in total. The van der Waals surface area contributed by atoms with Crippen LogP contribution in [0.1, 0.15) is 17.0 Å². The van der Waals surface area contributed by atoms with Crippen molar-refractivity contribution in [2.45, 2.75) is 20.4 Å². The lowest BCUT2D eigenvalue weighted by atomic mass is 10.1. The quantitative estimate of drug-likeness (QED) is 0.565. The lowest BCUT2D eigenvalue weighted by Gasteiger charge is -2.07. The van der Waals surface area contributed by atoms with Gasteiger partial charge in [-0.3, -0.25) is 4.98 Å². The van der Waals surface area contributed by atoms with Crippen LogP contribution >= 0.6 is 0 Å². The summed E-state index contributed by atoms with van der Waals surface area (Å²) in [7, 11) is 0. The molecule has 114 valence electrons. The summed E-state index contributed by atoms with van der Waals surface area (Å²) in [6, 6.07) is 14.7. The first-order chi connectivity index (χ1) is 11.2. The summed E-state index contributed by atoms with van der Waals surface area (Å²) < 4.78 is 7.51. The van der Waals surface area contributed by atoms with E-state index in [0.29, 0.717) is 0 Å². The van der Waals surface area contributed by atoms with Crippen molar-refractivity contribution in [3.8, 4) is 11.1 Å². The van der Waals surface area contributed by atoms with Gasteiger partial charge in [-0.25, -0.2) is 0 Å². The summed E-state index contributed by atoms with van der Waals surface area (Å²) in [5.74, 6) is 0.824. The Labute approximate surface area is 134 Å². The third-order valence-electron chi connectivity index (χ3n) is 4.14. The van der Waals surface area contributed by atoms with Crippen LogP contribution in [0.4, 0.5) is 0 Å². The summed E-state index contributed by atoms with van der Waals surface area (Å²) in [5.41, 5.74) is 6.36. The zero-order valence-electron chi connectivity index (χ0n) is 13.2. The highest BCUT2D eigenvalue weighted by molar-refractivity contribution is 5.82. The number of rotatable bonds is 3. The zero-order valence-corrected chi connectivity index (χ0v) is 13.2. The van der Waals surface area contributed by atoms with Gasteiger partial charge in [-0.15, -0.1) is 0 Å². The molecule has 1 aromatic carbocycles. The second-order valence-corrected chi connectivity index (χ2v) is 5.76. The molecule has 0 unspecified atom stereocenters. The third kappa shape index (κ3) is 2.42. The van der Waals surface area contributed by atoms with Crippen LogP contribution < -0.4 is 0 Å². The minimum atomic E-state index is 0.824. The van der Waals surface area contributed by atoms with Crippen LogP contribution in [0.2, 0.25) is 0 Å². The van der Waals surface area contributed by atoms with Gasteiger partial charge in [0.2, 0.25) is 0 Å². The molecular formula is C19H17N3O. The van der Waals surface area contributed by atoms with Crippen LogP contribution in [-0.4, -0.2) is 14.7 Å². The van der Waals surface area contributed by atoms with Crippen molar-refractivity contribution in [1.29, 1.82) is 0 Å². The minimum absolute atomic E-state index is 0.824. The van der Waals surface area contributed by atoms with E-state index >= 15 is 0 Å². The Morgan fingerprint density at radius 2 is 1.91 bits per heavy atom. The first-order valence-corrected chi connectivity index (χ1v) is 7.64. The average Bonchev–Trinajstić information content (AvgIpc) is 3.12. The second-order valence-electron chi connectivity index (χ2n) is 5.76. The lowest BCUT2D eigenvalue weighted by Crippen LogP contribution is -1.98. The Hall–Kier alpha value is -2.88. The number of hydrogen-bond acceptors (Lipinski definition) is 3. The number of nitrogens with zero attached hydrogens (tertiary/aromatic N) is 3. The Morgan fingerprint density at radius 1 is 1.09 bits per heavy atom. The van der Waals surface area contributed by atoms with E-state index in [-0.39, 0.29) is 0 Å². The van der Waals surface area contributed by atoms with Gasteiger partial charge in [0.25, 0.3) is 0 Å². The lowest BCUT2D eigenvalue weighted by molar-refractivity contribution is 0.393. The van der Waals surface area contributed by atoms with Crippen molar-refractivity contribution in [3.05, 3.63) is 71.9 Å². The maximum Gasteiger partial charge on any atom is 0.141 e. The number of hydrogen-bond donors (Lipinski definition) is 0. The highest BCUT2D eigenvalue weighted by Gasteiger charge is 2.13. The molecule has 0 fully saturated rings. The van der Waals surface area contributed by atoms with E-state index in [1.54, 1.807) is 0 Å². The standard InChI is InChI=1S/C19H17N3O/c1-13-19(14(2)23-21-13)16-10-18-17(20-11-16)8-9-22(18)12-15-6-4-3-5-7-15/h3-11H,12H2,1-2H3. The molecule has 0 spiro atoms. The monoisotopic (exact) mass is 303 g/mol. The van der Waals surface area contributed by atoms with E-state index in [4.69, 9.17) is 4.52 Å². The molecule has 0 saturated heterocycles. The Bertz CT molecular complexity index is 947. The van der Waals surface area contributed by atoms with Gasteiger partial charge in [-0.1, -0.05) is 35.5 Å². The van der Waals surface area contributed by atoms with Crippen LogP contribution in [0.3, 0.4) is 0 Å². The number of aryl methyl sites for hydroxylation is 2. The van der Waals surface area contributed by atoms with E-state index in [0.717, 1.165) is 40.2 Å². The summed E-state index contributed by atoms with van der Waals surface area (Å²) in [6.45, 7) is 4.72. The molecule has 0 atom stereocenters.